The summed E-state index contributed by atoms with van der Waals surface area (Å²) in [4.78, 5) is 48.2. The number of likely N-dealkylation sites (N-methyl/N-ethyl adjacent to an activating group) is 1. The minimum absolute atomic E-state index is 0.100. The van der Waals surface area contributed by atoms with Crippen molar-refractivity contribution < 1.29 is 29.4 Å². The highest BCUT2D eigenvalue weighted by atomic mass is 16.4. The third-order valence-corrected chi connectivity index (χ3v) is 3.72. The standard InChI is InChI=1S/C11H19N3O2.C4H4O4/c1-12-5-7-13(8-6-12)11(16)9-14-4-2-3-10(14)15;5-3(6)1-2-4(7)8/h2-9H2,1H3;1-2H,(H,5,6)(H,7,8). The molecule has 9 nitrogen and oxygen atoms in total. The van der Waals surface area contributed by atoms with Crippen LogP contribution in [0.4, 0.5) is 0 Å². The number of hydrogen-bond acceptors (Lipinski definition) is 5. The molecule has 2 N–H and O–H groups in total. The molecule has 2 rings (SSSR count). The van der Waals surface area contributed by atoms with Gasteiger partial charge in [0.2, 0.25) is 11.8 Å². The molecule has 0 aromatic rings. The van der Waals surface area contributed by atoms with Crippen LogP contribution in [0.3, 0.4) is 0 Å². The molecule has 0 aliphatic carbocycles. The summed E-state index contributed by atoms with van der Waals surface area (Å²) in [5, 5.41) is 15.6. The van der Waals surface area contributed by atoms with E-state index >= 15 is 0 Å². The van der Waals surface area contributed by atoms with E-state index in [0.29, 0.717) is 18.6 Å². The molecule has 9 heteroatoms. The van der Waals surface area contributed by atoms with Gasteiger partial charge in [0.05, 0.1) is 6.54 Å². The van der Waals surface area contributed by atoms with Gasteiger partial charge in [0.1, 0.15) is 0 Å². The SMILES string of the molecule is CN1CCN(C(=O)CN2CCCC2=O)CC1.O=C(O)C=CC(=O)O. The number of nitrogens with zero attached hydrogens (tertiary/aromatic N) is 3. The quantitative estimate of drug-likeness (QED) is 0.636. The summed E-state index contributed by atoms with van der Waals surface area (Å²) in [6.45, 7) is 4.47. The van der Waals surface area contributed by atoms with Gasteiger partial charge in [-0.3, -0.25) is 9.59 Å². The number of aliphatic carboxylic acids is 2. The summed E-state index contributed by atoms with van der Waals surface area (Å²) in [6, 6.07) is 0. The van der Waals surface area contributed by atoms with Crippen molar-refractivity contribution >= 4 is 23.8 Å². The van der Waals surface area contributed by atoms with Crippen molar-refractivity contribution in [3.8, 4) is 0 Å². The van der Waals surface area contributed by atoms with Crippen LogP contribution in [0.2, 0.25) is 0 Å². The minimum atomic E-state index is -1.26. The molecule has 0 aromatic carbocycles. The second-order valence-corrected chi connectivity index (χ2v) is 5.61. The molecule has 134 valence electrons. The Hall–Kier alpha value is -2.42. The summed E-state index contributed by atoms with van der Waals surface area (Å²) < 4.78 is 0. The summed E-state index contributed by atoms with van der Waals surface area (Å²) >= 11 is 0. The van der Waals surface area contributed by atoms with E-state index in [0.717, 1.165) is 39.1 Å². The van der Waals surface area contributed by atoms with Crippen molar-refractivity contribution in [2.24, 2.45) is 0 Å². The van der Waals surface area contributed by atoms with Crippen molar-refractivity contribution in [3.63, 3.8) is 0 Å². The molecule has 0 spiro atoms. The van der Waals surface area contributed by atoms with Gasteiger partial charge < -0.3 is 24.9 Å². The molecule has 0 unspecified atom stereocenters. The second-order valence-electron chi connectivity index (χ2n) is 5.61. The largest absolute Gasteiger partial charge is 0.478 e. The first kappa shape index (κ1) is 19.6. The lowest BCUT2D eigenvalue weighted by Crippen LogP contribution is -2.50. The first-order valence-corrected chi connectivity index (χ1v) is 7.67. The minimum Gasteiger partial charge on any atom is -0.478 e. The average Bonchev–Trinajstić information content (AvgIpc) is 2.91. The maximum Gasteiger partial charge on any atom is 0.328 e. The Bertz CT molecular complexity index is 495. The van der Waals surface area contributed by atoms with E-state index in [9.17, 15) is 19.2 Å². The number of rotatable bonds is 4. The third-order valence-electron chi connectivity index (χ3n) is 3.72. The first-order valence-electron chi connectivity index (χ1n) is 7.67. The highest BCUT2D eigenvalue weighted by molar-refractivity contribution is 5.89. The van der Waals surface area contributed by atoms with Crippen molar-refractivity contribution in [1.82, 2.24) is 14.7 Å². The van der Waals surface area contributed by atoms with E-state index in [1.54, 1.807) is 4.90 Å². The molecule has 2 fully saturated rings. The molecule has 0 atom stereocenters. The number of carbonyl (C=O) groups is 4. The molecule has 2 heterocycles. The Labute approximate surface area is 140 Å². The Morgan fingerprint density at radius 3 is 1.96 bits per heavy atom. The number of carbonyl (C=O) groups excluding carboxylic acids is 2. The van der Waals surface area contributed by atoms with E-state index in [1.165, 1.54) is 0 Å². The zero-order valence-corrected chi connectivity index (χ0v) is 13.7. The zero-order chi connectivity index (χ0) is 18.1. The van der Waals surface area contributed by atoms with E-state index < -0.39 is 11.9 Å². The molecular weight excluding hydrogens is 318 g/mol. The smallest absolute Gasteiger partial charge is 0.328 e. The fraction of sp³-hybridized carbons (Fsp3) is 0.600. The maximum absolute atomic E-state index is 11.9. The van der Waals surface area contributed by atoms with Gasteiger partial charge in [-0.2, -0.15) is 0 Å². The Morgan fingerprint density at radius 2 is 1.54 bits per heavy atom. The van der Waals surface area contributed by atoms with Gasteiger partial charge in [-0.15, -0.1) is 0 Å². The molecule has 0 bridgehead atoms. The normalized spacial score (nSPS) is 18.5. The van der Waals surface area contributed by atoms with Crippen molar-refractivity contribution in [2.75, 3.05) is 46.3 Å². The molecule has 2 aliphatic heterocycles. The Morgan fingerprint density at radius 1 is 1.00 bits per heavy atom. The van der Waals surface area contributed by atoms with Crippen LogP contribution in [0.1, 0.15) is 12.8 Å². The van der Waals surface area contributed by atoms with Crippen LogP contribution in [-0.2, 0) is 19.2 Å². The third kappa shape index (κ3) is 7.23. The van der Waals surface area contributed by atoms with Crippen LogP contribution in [-0.4, -0.2) is 95.0 Å². The zero-order valence-electron chi connectivity index (χ0n) is 13.7. The van der Waals surface area contributed by atoms with Crippen LogP contribution >= 0.6 is 0 Å². The summed E-state index contributed by atoms with van der Waals surface area (Å²) in [7, 11) is 2.06. The molecule has 0 saturated carbocycles. The van der Waals surface area contributed by atoms with Crippen LogP contribution < -0.4 is 0 Å². The lowest BCUT2D eigenvalue weighted by Gasteiger charge is -2.33. The fourth-order valence-electron chi connectivity index (χ4n) is 2.33. The van der Waals surface area contributed by atoms with E-state index in [4.69, 9.17) is 10.2 Å². The van der Waals surface area contributed by atoms with E-state index in [-0.39, 0.29) is 18.4 Å². The maximum atomic E-state index is 11.9. The van der Waals surface area contributed by atoms with Crippen molar-refractivity contribution in [1.29, 1.82) is 0 Å². The predicted octanol–water partition coefficient (Wildman–Crippen LogP) is -0.905. The van der Waals surface area contributed by atoms with Crippen molar-refractivity contribution in [3.05, 3.63) is 12.2 Å². The lowest BCUT2D eigenvalue weighted by atomic mass is 10.3. The van der Waals surface area contributed by atoms with Crippen LogP contribution in [0, 0.1) is 0 Å². The average molecular weight is 341 g/mol. The van der Waals surface area contributed by atoms with Gasteiger partial charge in [0, 0.05) is 51.3 Å². The van der Waals surface area contributed by atoms with Gasteiger partial charge in [-0.05, 0) is 13.5 Å². The summed E-state index contributed by atoms with van der Waals surface area (Å²) in [6.07, 6.45) is 2.62. The van der Waals surface area contributed by atoms with Crippen molar-refractivity contribution in [2.45, 2.75) is 12.8 Å². The number of carboxylic acid groups (broad SMARTS) is 2. The predicted molar refractivity (Wildman–Crippen MR) is 84.3 cm³/mol. The van der Waals surface area contributed by atoms with Crippen LogP contribution in [0.25, 0.3) is 0 Å². The monoisotopic (exact) mass is 341 g/mol. The topological polar surface area (TPSA) is 118 Å². The van der Waals surface area contributed by atoms with Gasteiger partial charge >= 0.3 is 11.9 Å². The second kappa shape index (κ2) is 9.66. The number of amides is 2. The van der Waals surface area contributed by atoms with Gasteiger partial charge in [-0.1, -0.05) is 0 Å². The highest BCUT2D eigenvalue weighted by Gasteiger charge is 2.26. The summed E-state index contributed by atoms with van der Waals surface area (Å²) in [5.74, 6) is -2.29. The molecule has 2 amide bonds. The molecule has 2 saturated heterocycles. The molecular formula is C15H23N3O6. The van der Waals surface area contributed by atoms with Crippen LogP contribution in [0.15, 0.2) is 12.2 Å². The van der Waals surface area contributed by atoms with Gasteiger partial charge in [0.25, 0.3) is 0 Å². The Kier molecular flexibility index (Phi) is 7.90. The van der Waals surface area contributed by atoms with Gasteiger partial charge in [0.15, 0.2) is 0 Å². The number of hydrogen-bond donors (Lipinski definition) is 2. The number of piperazine rings is 1. The highest BCUT2D eigenvalue weighted by Crippen LogP contribution is 2.10. The molecule has 0 radical (unpaired) electrons. The van der Waals surface area contributed by atoms with Gasteiger partial charge in [-0.25, -0.2) is 9.59 Å². The number of carboxylic acids is 2. The first-order chi connectivity index (χ1) is 11.3. The summed E-state index contributed by atoms with van der Waals surface area (Å²) in [5.41, 5.74) is 0. The molecule has 2 aliphatic rings. The van der Waals surface area contributed by atoms with E-state index in [1.807, 2.05) is 4.90 Å². The number of likely N-dealkylation sites (tertiary alicyclic amines) is 1. The molecule has 0 aromatic heterocycles. The van der Waals surface area contributed by atoms with Crippen LogP contribution in [0.5, 0.6) is 0 Å². The Balaban J connectivity index is 0.000000307. The van der Waals surface area contributed by atoms with E-state index in [2.05, 4.69) is 11.9 Å². The fourth-order valence-corrected chi connectivity index (χ4v) is 2.33. The lowest BCUT2D eigenvalue weighted by molar-refractivity contribution is -0.139. The molecule has 24 heavy (non-hydrogen) atoms.